The molecule has 0 amide bonds. The number of sulfonamides is 1. The first-order chi connectivity index (χ1) is 12.6. The molecule has 0 atom stereocenters. The van der Waals surface area contributed by atoms with Crippen molar-refractivity contribution in [3.63, 3.8) is 0 Å². The smallest absolute Gasteiger partial charge is 0.262 e. The number of hydrogen-bond donors (Lipinski definition) is 1. The van der Waals surface area contributed by atoms with Crippen LogP contribution in [-0.2, 0) is 15.4 Å². The van der Waals surface area contributed by atoms with E-state index in [0.717, 1.165) is 16.6 Å². The van der Waals surface area contributed by atoms with Gasteiger partial charge in [0, 0.05) is 36.2 Å². The molecule has 1 N–H and O–H groups in total. The molecule has 0 aliphatic rings. The third-order valence-electron chi connectivity index (χ3n) is 4.63. The Bertz CT molecular complexity index is 1060. The average molecular weight is 383 g/mol. The van der Waals surface area contributed by atoms with Gasteiger partial charge in [-0.3, -0.25) is 4.72 Å². The zero-order chi connectivity index (χ0) is 19.8. The van der Waals surface area contributed by atoms with Gasteiger partial charge >= 0.3 is 0 Å². The third-order valence-corrected chi connectivity index (χ3v) is 6.07. The number of nitrogens with one attached hydrogen (secondary N) is 1. The first-order valence-electron chi connectivity index (χ1n) is 8.92. The lowest BCUT2D eigenvalue weighted by atomic mass is 9.87. The van der Waals surface area contributed by atoms with Crippen LogP contribution >= 0.6 is 0 Å². The molecule has 3 aromatic rings. The number of fused-ring (bicyclic) bond motifs is 1. The first kappa shape index (κ1) is 19.2. The topological polar surface area (TPSA) is 49.4 Å². The maximum absolute atomic E-state index is 13.1. The van der Waals surface area contributed by atoms with Crippen LogP contribution in [0.5, 0.6) is 0 Å². The van der Waals surface area contributed by atoms with Crippen molar-refractivity contribution < 1.29 is 8.42 Å². The highest BCUT2D eigenvalue weighted by molar-refractivity contribution is 7.93. The highest BCUT2D eigenvalue weighted by Gasteiger charge is 2.19. The standard InChI is InChI=1S/C22H26N2O2S/c1-22(2,3)16-12-14-17(15-13-16)23-27(25,26)21-11-7-8-18-19(21)9-6-10-20(18)24(4)5/h6-15,23H,1-5H3. The van der Waals surface area contributed by atoms with E-state index < -0.39 is 10.0 Å². The van der Waals surface area contributed by atoms with Gasteiger partial charge in [0.2, 0.25) is 0 Å². The molecule has 0 bridgehead atoms. The number of anilines is 2. The fourth-order valence-corrected chi connectivity index (χ4v) is 4.42. The van der Waals surface area contributed by atoms with E-state index >= 15 is 0 Å². The maximum Gasteiger partial charge on any atom is 0.262 e. The summed E-state index contributed by atoms with van der Waals surface area (Å²) in [5, 5.41) is 1.62. The maximum atomic E-state index is 13.1. The van der Waals surface area contributed by atoms with Crippen LogP contribution in [0.4, 0.5) is 11.4 Å². The van der Waals surface area contributed by atoms with Crippen LogP contribution in [0.15, 0.2) is 65.6 Å². The SMILES string of the molecule is CN(C)c1cccc2c(S(=O)(=O)Nc3ccc(C(C)(C)C)cc3)cccc12. The van der Waals surface area contributed by atoms with Gasteiger partial charge in [0.25, 0.3) is 10.0 Å². The summed E-state index contributed by atoms with van der Waals surface area (Å²) in [5.41, 5.74) is 2.73. The summed E-state index contributed by atoms with van der Waals surface area (Å²) in [5.74, 6) is 0. The Morgan fingerprint density at radius 1 is 0.815 bits per heavy atom. The van der Waals surface area contributed by atoms with Crippen molar-refractivity contribution in [3.05, 3.63) is 66.2 Å². The van der Waals surface area contributed by atoms with Crippen molar-refractivity contribution in [2.45, 2.75) is 31.1 Å². The number of rotatable bonds is 4. The molecule has 0 aliphatic heterocycles. The van der Waals surface area contributed by atoms with Crippen LogP contribution in [0.25, 0.3) is 10.8 Å². The molecule has 0 fully saturated rings. The molecule has 0 saturated heterocycles. The normalized spacial score (nSPS) is 12.2. The average Bonchev–Trinajstić information content (AvgIpc) is 2.59. The summed E-state index contributed by atoms with van der Waals surface area (Å²) in [6, 6.07) is 18.6. The Labute approximate surface area is 161 Å². The van der Waals surface area contributed by atoms with Crippen molar-refractivity contribution in [2.24, 2.45) is 0 Å². The van der Waals surface area contributed by atoms with Gasteiger partial charge in [-0.25, -0.2) is 8.42 Å². The second-order valence-electron chi connectivity index (χ2n) is 7.96. The predicted molar refractivity (Wildman–Crippen MR) is 114 cm³/mol. The Morgan fingerprint density at radius 2 is 1.41 bits per heavy atom. The third kappa shape index (κ3) is 3.93. The van der Waals surface area contributed by atoms with Crippen LogP contribution < -0.4 is 9.62 Å². The van der Waals surface area contributed by atoms with Crippen LogP contribution in [0, 0.1) is 0 Å². The largest absolute Gasteiger partial charge is 0.377 e. The van der Waals surface area contributed by atoms with Gasteiger partial charge < -0.3 is 4.90 Å². The Morgan fingerprint density at radius 3 is 2.00 bits per heavy atom. The van der Waals surface area contributed by atoms with Gasteiger partial charge in [-0.05, 0) is 35.2 Å². The summed E-state index contributed by atoms with van der Waals surface area (Å²) in [6.45, 7) is 6.39. The van der Waals surface area contributed by atoms with E-state index in [2.05, 4.69) is 25.5 Å². The van der Waals surface area contributed by atoms with Crippen LogP contribution in [0.3, 0.4) is 0 Å². The van der Waals surface area contributed by atoms with Crippen molar-refractivity contribution in [2.75, 3.05) is 23.7 Å². The molecule has 0 radical (unpaired) electrons. The van der Waals surface area contributed by atoms with Crippen molar-refractivity contribution in [1.29, 1.82) is 0 Å². The molecule has 0 heterocycles. The summed E-state index contributed by atoms with van der Waals surface area (Å²) < 4.78 is 28.8. The molecule has 0 aliphatic carbocycles. The van der Waals surface area contributed by atoms with E-state index in [-0.39, 0.29) is 10.3 Å². The van der Waals surface area contributed by atoms with Gasteiger partial charge in [0.15, 0.2) is 0 Å². The summed E-state index contributed by atoms with van der Waals surface area (Å²) in [6.07, 6.45) is 0. The van der Waals surface area contributed by atoms with Crippen molar-refractivity contribution in [3.8, 4) is 0 Å². The predicted octanol–water partition coefficient (Wildman–Crippen LogP) is 5.00. The van der Waals surface area contributed by atoms with E-state index in [0.29, 0.717) is 11.1 Å². The minimum Gasteiger partial charge on any atom is -0.377 e. The summed E-state index contributed by atoms with van der Waals surface area (Å²) >= 11 is 0. The monoisotopic (exact) mass is 382 g/mol. The lowest BCUT2D eigenvalue weighted by molar-refractivity contribution is 0.590. The van der Waals surface area contributed by atoms with Gasteiger partial charge in [-0.15, -0.1) is 0 Å². The molecule has 142 valence electrons. The Balaban J connectivity index is 2.02. The minimum atomic E-state index is -3.70. The summed E-state index contributed by atoms with van der Waals surface area (Å²) in [7, 11) is 0.200. The molecule has 3 rings (SSSR count). The van der Waals surface area contributed by atoms with Gasteiger partial charge in [-0.2, -0.15) is 0 Å². The lowest BCUT2D eigenvalue weighted by Gasteiger charge is -2.19. The molecule has 5 heteroatoms. The van der Waals surface area contributed by atoms with Gasteiger partial charge in [0.1, 0.15) is 0 Å². The molecule has 0 spiro atoms. The molecule has 3 aromatic carbocycles. The Hall–Kier alpha value is -2.53. The highest BCUT2D eigenvalue weighted by Crippen LogP contribution is 2.31. The van der Waals surface area contributed by atoms with E-state index in [4.69, 9.17) is 0 Å². The minimum absolute atomic E-state index is 0.0234. The van der Waals surface area contributed by atoms with E-state index in [1.54, 1.807) is 12.1 Å². The quantitative estimate of drug-likeness (QED) is 0.690. The second kappa shape index (κ2) is 6.89. The fourth-order valence-electron chi connectivity index (χ4n) is 3.14. The van der Waals surface area contributed by atoms with E-state index in [1.807, 2.05) is 67.5 Å². The van der Waals surface area contributed by atoms with Crippen LogP contribution in [0.2, 0.25) is 0 Å². The number of nitrogens with zero attached hydrogens (tertiary/aromatic N) is 1. The fraction of sp³-hybridized carbons (Fsp3) is 0.273. The van der Waals surface area contributed by atoms with Crippen LogP contribution in [0.1, 0.15) is 26.3 Å². The Kier molecular flexibility index (Phi) is 4.91. The van der Waals surface area contributed by atoms with Gasteiger partial charge in [0.05, 0.1) is 4.90 Å². The first-order valence-corrected chi connectivity index (χ1v) is 10.4. The molecule has 0 unspecified atom stereocenters. The van der Waals surface area contributed by atoms with Crippen LogP contribution in [-0.4, -0.2) is 22.5 Å². The zero-order valence-corrected chi connectivity index (χ0v) is 17.3. The highest BCUT2D eigenvalue weighted by atomic mass is 32.2. The molecule has 0 saturated carbocycles. The second-order valence-corrected chi connectivity index (χ2v) is 9.61. The van der Waals surface area contributed by atoms with Crippen molar-refractivity contribution in [1.82, 2.24) is 0 Å². The van der Waals surface area contributed by atoms with Gasteiger partial charge in [-0.1, -0.05) is 57.2 Å². The molecular weight excluding hydrogens is 356 g/mol. The number of benzene rings is 3. The van der Waals surface area contributed by atoms with Crippen molar-refractivity contribution >= 4 is 32.2 Å². The number of hydrogen-bond acceptors (Lipinski definition) is 3. The molecule has 4 nitrogen and oxygen atoms in total. The molecule has 27 heavy (non-hydrogen) atoms. The molecular formula is C22H26N2O2S. The van der Waals surface area contributed by atoms with E-state index in [9.17, 15) is 8.42 Å². The molecule has 0 aromatic heterocycles. The van der Waals surface area contributed by atoms with E-state index in [1.165, 1.54) is 0 Å². The zero-order valence-electron chi connectivity index (χ0n) is 16.4. The lowest BCUT2D eigenvalue weighted by Crippen LogP contribution is -2.15. The summed E-state index contributed by atoms with van der Waals surface area (Å²) in [4.78, 5) is 2.26.